The van der Waals surface area contributed by atoms with Crippen LogP contribution in [0.3, 0.4) is 0 Å². The second-order valence-electron chi connectivity index (χ2n) is 5.77. The number of nitrogens with zero attached hydrogens (tertiary/aromatic N) is 2. The van der Waals surface area contributed by atoms with E-state index in [-0.39, 0.29) is 17.7 Å². The van der Waals surface area contributed by atoms with Crippen molar-refractivity contribution in [2.24, 2.45) is 11.8 Å². The number of carbonyl (C=O) groups excluding carboxylic acids is 1. The Balaban J connectivity index is 1.66. The quantitative estimate of drug-likeness (QED) is 0.816. The van der Waals surface area contributed by atoms with Crippen molar-refractivity contribution in [1.82, 2.24) is 9.55 Å². The fourth-order valence-corrected chi connectivity index (χ4v) is 3.21. The van der Waals surface area contributed by atoms with Crippen LogP contribution < -0.4 is 0 Å². The van der Waals surface area contributed by atoms with Gasteiger partial charge in [-0.3, -0.25) is 4.79 Å². The molecule has 1 saturated carbocycles. The van der Waals surface area contributed by atoms with Gasteiger partial charge in [0.2, 0.25) is 0 Å². The molecule has 1 aromatic carbocycles. The molecule has 1 aromatic heterocycles. The maximum Gasteiger partial charge on any atom is 0.308 e. The van der Waals surface area contributed by atoms with Crippen molar-refractivity contribution in [3.05, 3.63) is 30.3 Å². The van der Waals surface area contributed by atoms with Gasteiger partial charge in [-0.15, -0.1) is 0 Å². The van der Waals surface area contributed by atoms with Crippen LogP contribution in [0.25, 0.3) is 11.0 Å². The number of esters is 1. The lowest BCUT2D eigenvalue weighted by Gasteiger charge is -2.27. The smallest absolute Gasteiger partial charge is 0.308 e. The standard InChI is InChI=1S/C16H19FN2O2/c1-21-16(20)12-4-2-11(3-5-12)9-19-10-18-14-8-13(17)6-7-15(14)19/h6-8,10-12H,2-5,9H2,1H3/t11-,12-. The number of ether oxygens (including phenoxy) is 1. The first-order chi connectivity index (χ1) is 10.2. The van der Waals surface area contributed by atoms with Gasteiger partial charge in [0.15, 0.2) is 0 Å². The molecule has 2 aromatic rings. The van der Waals surface area contributed by atoms with Gasteiger partial charge in [-0.1, -0.05) is 0 Å². The second kappa shape index (κ2) is 5.84. The van der Waals surface area contributed by atoms with Gasteiger partial charge >= 0.3 is 5.97 Å². The van der Waals surface area contributed by atoms with Crippen LogP contribution in [0.4, 0.5) is 4.39 Å². The summed E-state index contributed by atoms with van der Waals surface area (Å²) >= 11 is 0. The Morgan fingerprint density at radius 3 is 2.86 bits per heavy atom. The van der Waals surface area contributed by atoms with Crippen molar-refractivity contribution in [3.63, 3.8) is 0 Å². The summed E-state index contributed by atoms with van der Waals surface area (Å²) in [5.74, 6) is 0.247. The van der Waals surface area contributed by atoms with E-state index in [0.717, 1.165) is 37.7 Å². The van der Waals surface area contributed by atoms with E-state index in [2.05, 4.69) is 9.55 Å². The number of rotatable bonds is 3. The summed E-state index contributed by atoms with van der Waals surface area (Å²) < 4.78 is 20.1. The average Bonchev–Trinajstić information content (AvgIpc) is 2.89. The summed E-state index contributed by atoms with van der Waals surface area (Å²) in [5.41, 5.74) is 1.66. The molecule has 112 valence electrons. The number of fused-ring (bicyclic) bond motifs is 1. The predicted molar refractivity (Wildman–Crippen MR) is 77.2 cm³/mol. The van der Waals surface area contributed by atoms with Gasteiger partial charge in [-0.25, -0.2) is 9.37 Å². The van der Waals surface area contributed by atoms with Gasteiger partial charge < -0.3 is 9.30 Å². The molecule has 0 unspecified atom stereocenters. The zero-order chi connectivity index (χ0) is 14.8. The van der Waals surface area contributed by atoms with E-state index in [1.165, 1.54) is 19.2 Å². The number of hydrogen-bond acceptors (Lipinski definition) is 3. The maximum atomic E-state index is 13.2. The van der Waals surface area contributed by atoms with Gasteiger partial charge in [0.25, 0.3) is 0 Å². The number of benzene rings is 1. The molecule has 1 heterocycles. The molecule has 0 bridgehead atoms. The number of carbonyl (C=O) groups is 1. The first-order valence-corrected chi connectivity index (χ1v) is 7.35. The molecular weight excluding hydrogens is 271 g/mol. The summed E-state index contributed by atoms with van der Waals surface area (Å²) in [6.07, 6.45) is 5.58. The minimum atomic E-state index is -0.258. The van der Waals surface area contributed by atoms with Crippen molar-refractivity contribution < 1.29 is 13.9 Å². The number of halogens is 1. The average molecular weight is 290 g/mol. The van der Waals surface area contributed by atoms with Gasteiger partial charge in [0.1, 0.15) is 5.82 Å². The fourth-order valence-electron chi connectivity index (χ4n) is 3.21. The summed E-state index contributed by atoms with van der Waals surface area (Å²) in [6, 6.07) is 4.70. The van der Waals surface area contributed by atoms with Crippen LogP contribution >= 0.6 is 0 Å². The summed E-state index contributed by atoms with van der Waals surface area (Å²) in [6.45, 7) is 0.871. The molecule has 21 heavy (non-hydrogen) atoms. The van der Waals surface area contributed by atoms with Crippen molar-refractivity contribution >= 4 is 17.0 Å². The summed E-state index contributed by atoms with van der Waals surface area (Å²) in [5, 5.41) is 0. The Labute approximate surface area is 122 Å². The minimum Gasteiger partial charge on any atom is -0.469 e. The SMILES string of the molecule is COC(=O)[C@H]1CC[C@H](Cn2cnc3cc(F)ccc32)CC1. The lowest BCUT2D eigenvalue weighted by molar-refractivity contribution is -0.146. The highest BCUT2D eigenvalue weighted by molar-refractivity contribution is 5.75. The van der Waals surface area contributed by atoms with Crippen molar-refractivity contribution in [2.45, 2.75) is 32.2 Å². The Morgan fingerprint density at radius 2 is 2.14 bits per heavy atom. The van der Waals surface area contributed by atoms with Gasteiger partial charge in [-0.2, -0.15) is 0 Å². The maximum absolute atomic E-state index is 13.2. The zero-order valence-electron chi connectivity index (χ0n) is 12.1. The molecular formula is C16H19FN2O2. The highest BCUT2D eigenvalue weighted by Crippen LogP contribution is 2.31. The molecule has 0 saturated heterocycles. The molecule has 4 nitrogen and oxygen atoms in total. The first kappa shape index (κ1) is 14.0. The molecule has 0 spiro atoms. The number of methoxy groups -OCH3 is 1. The third-order valence-corrected chi connectivity index (χ3v) is 4.42. The molecule has 0 atom stereocenters. The van der Waals surface area contributed by atoms with Gasteiger partial charge in [0.05, 0.1) is 30.4 Å². The Hall–Kier alpha value is -1.91. The second-order valence-corrected chi connectivity index (χ2v) is 5.77. The van der Waals surface area contributed by atoms with Crippen LogP contribution in [-0.2, 0) is 16.1 Å². The molecule has 0 N–H and O–H groups in total. The third-order valence-electron chi connectivity index (χ3n) is 4.42. The Kier molecular flexibility index (Phi) is 3.90. The molecule has 1 fully saturated rings. The van der Waals surface area contributed by atoms with E-state index in [9.17, 15) is 9.18 Å². The van der Waals surface area contributed by atoms with Crippen LogP contribution in [0.5, 0.6) is 0 Å². The lowest BCUT2D eigenvalue weighted by Crippen LogP contribution is -2.24. The number of aromatic nitrogens is 2. The van der Waals surface area contributed by atoms with Crippen molar-refractivity contribution in [3.8, 4) is 0 Å². The van der Waals surface area contributed by atoms with Crippen LogP contribution in [0.15, 0.2) is 24.5 Å². The van der Waals surface area contributed by atoms with E-state index in [0.29, 0.717) is 11.4 Å². The topological polar surface area (TPSA) is 44.1 Å². The van der Waals surface area contributed by atoms with Crippen molar-refractivity contribution in [1.29, 1.82) is 0 Å². The molecule has 5 heteroatoms. The number of imidazole rings is 1. The highest BCUT2D eigenvalue weighted by Gasteiger charge is 2.27. The van der Waals surface area contributed by atoms with Crippen molar-refractivity contribution in [2.75, 3.05) is 7.11 Å². The van der Waals surface area contributed by atoms with Gasteiger partial charge in [0, 0.05) is 12.6 Å². The van der Waals surface area contributed by atoms with E-state index >= 15 is 0 Å². The highest BCUT2D eigenvalue weighted by atomic mass is 19.1. The summed E-state index contributed by atoms with van der Waals surface area (Å²) in [4.78, 5) is 15.8. The minimum absolute atomic E-state index is 0.0554. The van der Waals surface area contributed by atoms with Gasteiger partial charge in [-0.05, 0) is 43.7 Å². The van der Waals surface area contributed by atoms with Crippen LogP contribution in [-0.4, -0.2) is 22.6 Å². The molecule has 1 aliphatic carbocycles. The zero-order valence-corrected chi connectivity index (χ0v) is 12.1. The third kappa shape index (κ3) is 2.91. The molecule has 1 aliphatic rings. The van der Waals surface area contributed by atoms with Crippen LogP contribution in [0.2, 0.25) is 0 Å². The largest absolute Gasteiger partial charge is 0.469 e. The van der Waals surface area contributed by atoms with E-state index < -0.39 is 0 Å². The summed E-state index contributed by atoms with van der Waals surface area (Å²) in [7, 11) is 1.45. The molecule has 0 amide bonds. The molecule has 0 aliphatic heterocycles. The monoisotopic (exact) mass is 290 g/mol. The van der Waals surface area contributed by atoms with E-state index in [1.54, 1.807) is 12.4 Å². The normalized spacial score (nSPS) is 22.4. The molecule has 3 rings (SSSR count). The first-order valence-electron chi connectivity index (χ1n) is 7.35. The van der Waals surface area contributed by atoms with E-state index in [1.807, 2.05) is 0 Å². The van der Waals surface area contributed by atoms with Crippen LogP contribution in [0, 0.1) is 17.7 Å². The fraction of sp³-hybridized carbons (Fsp3) is 0.500. The number of hydrogen-bond donors (Lipinski definition) is 0. The Bertz CT molecular complexity index is 645. The lowest BCUT2D eigenvalue weighted by atomic mass is 9.82. The Morgan fingerprint density at radius 1 is 1.38 bits per heavy atom. The molecule has 0 radical (unpaired) electrons. The predicted octanol–water partition coefficient (Wildman–Crippen LogP) is 3.15. The van der Waals surface area contributed by atoms with Crippen LogP contribution in [0.1, 0.15) is 25.7 Å². The van der Waals surface area contributed by atoms with E-state index in [4.69, 9.17) is 4.74 Å².